The van der Waals surface area contributed by atoms with Crippen LogP contribution in [-0.2, 0) is 9.47 Å². The minimum Gasteiger partial charge on any atom is -0.293 e. The normalized spacial score (nSPS) is 17.0. The molecule has 0 spiro atoms. The van der Waals surface area contributed by atoms with Crippen LogP contribution in [0.5, 0.6) is 0 Å². The Kier molecular flexibility index (Phi) is 4.01. The average molecular weight is 254 g/mol. The predicted molar refractivity (Wildman–Crippen MR) is 60.9 cm³/mol. The second kappa shape index (κ2) is 5.70. The summed E-state index contributed by atoms with van der Waals surface area (Å²) >= 11 is 0. The fourth-order valence-corrected chi connectivity index (χ4v) is 1.40. The van der Waals surface area contributed by atoms with Crippen LogP contribution in [0.1, 0.15) is 0 Å². The molecule has 1 aliphatic heterocycles. The number of aromatic amines is 1. The van der Waals surface area contributed by atoms with Gasteiger partial charge in [-0.15, -0.1) is 8.78 Å². The number of nitrogens with zero attached hydrogens (tertiary/aromatic N) is 1. The molecule has 2 aromatic rings. The molecule has 18 heavy (non-hydrogen) atoms. The zero-order valence-corrected chi connectivity index (χ0v) is 9.48. The summed E-state index contributed by atoms with van der Waals surface area (Å²) in [5.74, 6) is 0. The standard InChI is InChI=1S/C9H8N2.C3H4F2O2/c1-2-4-8(5-3-1)9-6-7-10-11-9;4-3(5)6-1-2-7-3/h1-7H,(H,10,11);1-2H2. The van der Waals surface area contributed by atoms with E-state index in [1.807, 2.05) is 36.4 Å². The van der Waals surface area contributed by atoms with Gasteiger partial charge in [0.2, 0.25) is 0 Å². The van der Waals surface area contributed by atoms with E-state index in [9.17, 15) is 8.78 Å². The van der Waals surface area contributed by atoms with Crippen LogP contribution in [0, 0.1) is 0 Å². The fourth-order valence-electron chi connectivity index (χ4n) is 1.40. The summed E-state index contributed by atoms with van der Waals surface area (Å²) < 4.78 is 30.6. The van der Waals surface area contributed by atoms with Crippen molar-refractivity contribution in [1.29, 1.82) is 0 Å². The molecule has 0 bridgehead atoms. The Morgan fingerprint density at radius 1 is 1.06 bits per heavy atom. The molecule has 1 N–H and O–H groups in total. The number of hydrogen-bond acceptors (Lipinski definition) is 3. The van der Waals surface area contributed by atoms with Crippen molar-refractivity contribution in [3.05, 3.63) is 42.6 Å². The van der Waals surface area contributed by atoms with Gasteiger partial charge in [-0.3, -0.25) is 14.6 Å². The number of H-pyrrole nitrogens is 1. The first-order chi connectivity index (χ1) is 8.67. The highest BCUT2D eigenvalue weighted by Crippen LogP contribution is 2.21. The number of aromatic nitrogens is 2. The summed E-state index contributed by atoms with van der Waals surface area (Å²) in [6, 6.07) is 12.1. The number of hydrogen-bond donors (Lipinski definition) is 1. The van der Waals surface area contributed by atoms with Crippen molar-refractivity contribution >= 4 is 0 Å². The lowest BCUT2D eigenvalue weighted by Gasteiger charge is -2.01. The van der Waals surface area contributed by atoms with E-state index < -0.39 is 6.29 Å². The lowest BCUT2D eigenvalue weighted by atomic mass is 10.2. The Bertz CT molecular complexity index is 452. The van der Waals surface area contributed by atoms with Gasteiger partial charge in [0.05, 0.1) is 18.9 Å². The monoisotopic (exact) mass is 254 g/mol. The first kappa shape index (κ1) is 12.7. The molecule has 1 aromatic carbocycles. The molecule has 1 saturated heterocycles. The first-order valence-electron chi connectivity index (χ1n) is 5.38. The van der Waals surface area contributed by atoms with Crippen LogP contribution < -0.4 is 0 Å². The van der Waals surface area contributed by atoms with Gasteiger partial charge >= 0.3 is 6.29 Å². The van der Waals surface area contributed by atoms with E-state index in [1.165, 1.54) is 5.56 Å². The largest absolute Gasteiger partial charge is 0.485 e. The highest BCUT2D eigenvalue weighted by atomic mass is 19.3. The lowest BCUT2D eigenvalue weighted by molar-refractivity contribution is -0.339. The topological polar surface area (TPSA) is 47.1 Å². The van der Waals surface area contributed by atoms with Gasteiger partial charge in [0.25, 0.3) is 0 Å². The number of alkyl halides is 2. The van der Waals surface area contributed by atoms with Crippen LogP contribution in [0.4, 0.5) is 8.78 Å². The number of nitrogens with one attached hydrogen (secondary N) is 1. The molecular weight excluding hydrogens is 242 g/mol. The van der Waals surface area contributed by atoms with E-state index in [4.69, 9.17) is 0 Å². The minimum atomic E-state index is -3.31. The lowest BCUT2D eigenvalue weighted by Crippen LogP contribution is -2.14. The van der Waals surface area contributed by atoms with E-state index in [0.29, 0.717) is 0 Å². The maximum atomic E-state index is 11.5. The molecule has 1 aliphatic rings. The molecule has 96 valence electrons. The molecule has 6 heteroatoms. The van der Waals surface area contributed by atoms with Crippen molar-refractivity contribution in [3.8, 4) is 11.3 Å². The number of benzene rings is 1. The third-order valence-corrected chi connectivity index (χ3v) is 2.21. The summed E-state index contributed by atoms with van der Waals surface area (Å²) in [5.41, 5.74) is 2.23. The smallest absolute Gasteiger partial charge is 0.293 e. The predicted octanol–water partition coefficient (Wildman–Crippen LogP) is 2.66. The quantitative estimate of drug-likeness (QED) is 0.851. The molecule has 3 rings (SSSR count). The minimum absolute atomic E-state index is 0.00694. The number of ether oxygens (including phenoxy) is 2. The molecule has 1 fully saturated rings. The summed E-state index contributed by atoms with van der Waals surface area (Å²) in [6.45, 7) is -0.0139. The Labute approximate surface area is 103 Å². The van der Waals surface area contributed by atoms with Gasteiger partial charge in [0.15, 0.2) is 0 Å². The van der Waals surface area contributed by atoms with Crippen LogP contribution in [0.2, 0.25) is 0 Å². The summed E-state index contributed by atoms with van der Waals surface area (Å²) in [7, 11) is 0. The van der Waals surface area contributed by atoms with E-state index in [0.717, 1.165) is 5.69 Å². The zero-order valence-electron chi connectivity index (χ0n) is 9.48. The van der Waals surface area contributed by atoms with E-state index in [2.05, 4.69) is 19.7 Å². The number of halogens is 2. The van der Waals surface area contributed by atoms with Crippen LogP contribution in [0.25, 0.3) is 11.3 Å². The van der Waals surface area contributed by atoms with Crippen molar-refractivity contribution < 1.29 is 18.3 Å². The van der Waals surface area contributed by atoms with Gasteiger partial charge in [0.1, 0.15) is 0 Å². The summed E-state index contributed by atoms with van der Waals surface area (Å²) in [6.07, 6.45) is -1.55. The molecule has 0 atom stereocenters. The Hall–Kier alpha value is -1.79. The summed E-state index contributed by atoms with van der Waals surface area (Å²) in [5, 5.41) is 6.78. The van der Waals surface area contributed by atoms with Crippen molar-refractivity contribution in [2.45, 2.75) is 6.29 Å². The van der Waals surface area contributed by atoms with Crippen LogP contribution in [0.3, 0.4) is 0 Å². The summed E-state index contributed by atoms with van der Waals surface area (Å²) in [4.78, 5) is 0. The number of rotatable bonds is 1. The highest BCUT2D eigenvalue weighted by molar-refractivity contribution is 5.57. The molecule has 0 radical (unpaired) electrons. The Morgan fingerprint density at radius 2 is 1.72 bits per heavy atom. The SMILES string of the molecule is FC1(F)OCCO1.c1ccc(-c2ccn[nH]2)cc1. The molecule has 0 aliphatic carbocycles. The Morgan fingerprint density at radius 3 is 2.17 bits per heavy atom. The molecule has 1 aromatic heterocycles. The second-order valence-corrected chi connectivity index (χ2v) is 3.50. The third-order valence-electron chi connectivity index (χ3n) is 2.21. The fraction of sp³-hybridized carbons (Fsp3) is 0.250. The molecular formula is C12H12F2N2O2. The van der Waals surface area contributed by atoms with Gasteiger partial charge < -0.3 is 0 Å². The van der Waals surface area contributed by atoms with Crippen LogP contribution in [0.15, 0.2) is 42.6 Å². The average Bonchev–Trinajstić information content (AvgIpc) is 3.02. The van der Waals surface area contributed by atoms with Crippen LogP contribution >= 0.6 is 0 Å². The Balaban J connectivity index is 0.000000149. The first-order valence-corrected chi connectivity index (χ1v) is 5.38. The second-order valence-electron chi connectivity index (χ2n) is 3.50. The van der Waals surface area contributed by atoms with Gasteiger partial charge in [-0.25, -0.2) is 0 Å². The van der Waals surface area contributed by atoms with Gasteiger partial charge in [-0.2, -0.15) is 5.10 Å². The van der Waals surface area contributed by atoms with Crippen LogP contribution in [-0.4, -0.2) is 29.7 Å². The van der Waals surface area contributed by atoms with Crippen molar-refractivity contribution in [2.24, 2.45) is 0 Å². The van der Waals surface area contributed by atoms with E-state index in [-0.39, 0.29) is 13.2 Å². The van der Waals surface area contributed by atoms with Crippen molar-refractivity contribution in [1.82, 2.24) is 10.2 Å². The zero-order chi connectivity index (χ0) is 12.8. The van der Waals surface area contributed by atoms with Gasteiger partial charge in [-0.05, 0) is 11.6 Å². The maximum absolute atomic E-state index is 11.5. The van der Waals surface area contributed by atoms with Gasteiger partial charge in [0, 0.05) is 6.20 Å². The highest BCUT2D eigenvalue weighted by Gasteiger charge is 2.36. The molecule has 0 amide bonds. The molecule has 0 saturated carbocycles. The molecule has 2 heterocycles. The third kappa shape index (κ3) is 3.61. The van der Waals surface area contributed by atoms with E-state index >= 15 is 0 Å². The van der Waals surface area contributed by atoms with Crippen molar-refractivity contribution in [3.63, 3.8) is 0 Å². The van der Waals surface area contributed by atoms with Crippen molar-refractivity contribution in [2.75, 3.05) is 13.2 Å². The van der Waals surface area contributed by atoms with E-state index in [1.54, 1.807) is 6.20 Å². The molecule has 0 unspecified atom stereocenters. The molecule has 4 nitrogen and oxygen atoms in total. The van der Waals surface area contributed by atoms with Gasteiger partial charge in [-0.1, -0.05) is 30.3 Å². The maximum Gasteiger partial charge on any atom is 0.485 e.